The molecule has 2 N–H and O–H groups in total. The molecule has 0 aliphatic carbocycles. The largest absolute Gasteiger partial charge is 0.322 e. The molecule has 1 unspecified atom stereocenters. The smallest absolute Gasteiger partial charge is 0.127 e. The first kappa shape index (κ1) is 15.2. The molecule has 2 aromatic rings. The summed E-state index contributed by atoms with van der Waals surface area (Å²) >= 11 is 3.26. The highest BCUT2D eigenvalue weighted by Crippen LogP contribution is 2.22. The Kier molecular flexibility index (Phi) is 4.94. The van der Waals surface area contributed by atoms with Gasteiger partial charge in [-0.2, -0.15) is 5.10 Å². The van der Waals surface area contributed by atoms with Crippen LogP contribution in [-0.2, 0) is 19.4 Å². The fourth-order valence-electron chi connectivity index (χ4n) is 2.24. The molecule has 1 aromatic heterocycles. The molecule has 3 nitrogen and oxygen atoms in total. The number of nitrogens with zero attached hydrogens (tertiary/aromatic N) is 2. The highest BCUT2D eigenvalue weighted by atomic mass is 79.9. The lowest BCUT2D eigenvalue weighted by molar-refractivity contribution is 0.548. The summed E-state index contributed by atoms with van der Waals surface area (Å²) in [5.41, 5.74) is 8.85. The second-order valence-electron chi connectivity index (χ2n) is 4.78. The van der Waals surface area contributed by atoms with E-state index in [1.807, 2.05) is 23.7 Å². The second kappa shape index (κ2) is 6.50. The third-order valence-corrected chi connectivity index (χ3v) is 3.85. The van der Waals surface area contributed by atoms with E-state index < -0.39 is 0 Å². The molecule has 0 bridgehead atoms. The Hall–Kier alpha value is -1.20. The average molecular weight is 340 g/mol. The molecule has 0 aliphatic heterocycles. The molecule has 2 rings (SSSR count). The zero-order valence-electron chi connectivity index (χ0n) is 11.7. The maximum atomic E-state index is 13.9. The summed E-state index contributed by atoms with van der Waals surface area (Å²) in [5.74, 6) is -0.229. The van der Waals surface area contributed by atoms with Crippen molar-refractivity contribution in [2.45, 2.75) is 39.3 Å². The standard InChI is InChI=1S/C15H19BrFN3/c1-3-12-9-15(20(4-2)19-12)14(18)7-10-5-6-11(16)8-13(10)17/h5-6,8-9,14H,3-4,7,18H2,1-2H3. The van der Waals surface area contributed by atoms with Crippen molar-refractivity contribution in [2.75, 3.05) is 0 Å². The average Bonchev–Trinajstić information content (AvgIpc) is 2.85. The van der Waals surface area contributed by atoms with Gasteiger partial charge in [0.1, 0.15) is 5.82 Å². The van der Waals surface area contributed by atoms with E-state index in [1.165, 1.54) is 6.07 Å². The zero-order valence-corrected chi connectivity index (χ0v) is 13.3. The molecule has 1 aromatic carbocycles. The van der Waals surface area contributed by atoms with Gasteiger partial charge in [-0.15, -0.1) is 0 Å². The van der Waals surface area contributed by atoms with Crippen molar-refractivity contribution < 1.29 is 4.39 Å². The van der Waals surface area contributed by atoms with Gasteiger partial charge in [-0.1, -0.05) is 28.9 Å². The van der Waals surface area contributed by atoms with Crippen molar-refractivity contribution in [2.24, 2.45) is 5.73 Å². The Balaban J connectivity index is 2.23. The van der Waals surface area contributed by atoms with E-state index >= 15 is 0 Å². The number of aryl methyl sites for hydroxylation is 2. The van der Waals surface area contributed by atoms with Gasteiger partial charge in [0.2, 0.25) is 0 Å². The minimum Gasteiger partial charge on any atom is -0.322 e. The molecular formula is C15H19BrFN3. The van der Waals surface area contributed by atoms with Crippen LogP contribution in [0.2, 0.25) is 0 Å². The molecule has 0 spiro atoms. The summed E-state index contributed by atoms with van der Waals surface area (Å²) in [6.07, 6.45) is 1.34. The topological polar surface area (TPSA) is 43.8 Å². The van der Waals surface area contributed by atoms with Crippen molar-refractivity contribution in [1.82, 2.24) is 9.78 Å². The lowest BCUT2D eigenvalue weighted by atomic mass is 10.0. The van der Waals surface area contributed by atoms with Gasteiger partial charge >= 0.3 is 0 Å². The molecule has 108 valence electrons. The summed E-state index contributed by atoms with van der Waals surface area (Å²) in [6, 6.07) is 6.84. The monoisotopic (exact) mass is 339 g/mol. The van der Waals surface area contributed by atoms with Crippen molar-refractivity contribution in [1.29, 1.82) is 0 Å². The molecule has 0 saturated carbocycles. The van der Waals surface area contributed by atoms with Gasteiger partial charge in [0.25, 0.3) is 0 Å². The molecule has 20 heavy (non-hydrogen) atoms. The lowest BCUT2D eigenvalue weighted by Gasteiger charge is -2.14. The molecule has 0 radical (unpaired) electrons. The van der Waals surface area contributed by atoms with E-state index in [4.69, 9.17) is 5.73 Å². The number of hydrogen-bond donors (Lipinski definition) is 1. The predicted octanol–water partition coefficient (Wildman–Crippen LogP) is 3.61. The van der Waals surface area contributed by atoms with E-state index in [9.17, 15) is 4.39 Å². The molecule has 1 heterocycles. The third-order valence-electron chi connectivity index (χ3n) is 3.36. The highest BCUT2D eigenvalue weighted by Gasteiger charge is 2.16. The van der Waals surface area contributed by atoms with Gasteiger partial charge in [-0.05, 0) is 43.5 Å². The maximum Gasteiger partial charge on any atom is 0.127 e. The Morgan fingerprint density at radius 2 is 2.10 bits per heavy atom. The first-order valence-electron chi connectivity index (χ1n) is 6.81. The summed E-state index contributed by atoms with van der Waals surface area (Å²) in [6.45, 7) is 4.86. The van der Waals surface area contributed by atoms with Crippen LogP contribution in [0, 0.1) is 5.82 Å². The van der Waals surface area contributed by atoms with Gasteiger partial charge in [-0.3, -0.25) is 4.68 Å². The van der Waals surface area contributed by atoms with Gasteiger partial charge < -0.3 is 5.73 Å². The minimum absolute atomic E-state index is 0.229. The van der Waals surface area contributed by atoms with Crippen LogP contribution in [0.1, 0.15) is 36.8 Å². The Labute approximate surface area is 127 Å². The minimum atomic E-state index is -0.251. The number of hydrogen-bond acceptors (Lipinski definition) is 2. The maximum absolute atomic E-state index is 13.9. The molecular weight excluding hydrogens is 321 g/mol. The van der Waals surface area contributed by atoms with Crippen molar-refractivity contribution in [3.8, 4) is 0 Å². The van der Waals surface area contributed by atoms with Crippen molar-refractivity contribution in [3.63, 3.8) is 0 Å². The highest BCUT2D eigenvalue weighted by molar-refractivity contribution is 9.10. The Morgan fingerprint density at radius 1 is 1.35 bits per heavy atom. The van der Waals surface area contributed by atoms with Gasteiger partial charge in [0.05, 0.1) is 17.4 Å². The second-order valence-corrected chi connectivity index (χ2v) is 5.69. The van der Waals surface area contributed by atoms with Crippen LogP contribution in [0.3, 0.4) is 0 Å². The summed E-state index contributed by atoms with van der Waals surface area (Å²) < 4.78 is 16.5. The number of rotatable bonds is 5. The lowest BCUT2D eigenvalue weighted by Crippen LogP contribution is -2.18. The van der Waals surface area contributed by atoms with Crippen LogP contribution in [-0.4, -0.2) is 9.78 Å². The summed E-state index contributed by atoms with van der Waals surface area (Å²) in [5, 5.41) is 4.48. The summed E-state index contributed by atoms with van der Waals surface area (Å²) in [7, 11) is 0. The van der Waals surface area contributed by atoms with Gasteiger partial charge in [0.15, 0.2) is 0 Å². The van der Waals surface area contributed by atoms with Crippen LogP contribution in [0.15, 0.2) is 28.7 Å². The SMILES string of the molecule is CCc1cc(C(N)Cc2ccc(Br)cc2F)n(CC)n1. The van der Waals surface area contributed by atoms with Crippen molar-refractivity contribution in [3.05, 3.63) is 51.5 Å². The van der Waals surface area contributed by atoms with E-state index in [0.29, 0.717) is 12.0 Å². The quantitative estimate of drug-likeness (QED) is 0.904. The molecule has 0 aliphatic rings. The predicted molar refractivity (Wildman–Crippen MR) is 82.0 cm³/mol. The van der Waals surface area contributed by atoms with E-state index in [2.05, 4.69) is 28.0 Å². The first-order chi connectivity index (χ1) is 9.55. The van der Waals surface area contributed by atoms with Crippen molar-refractivity contribution >= 4 is 15.9 Å². The molecule has 0 amide bonds. The van der Waals surface area contributed by atoms with Crippen LogP contribution in [0.4, 0.5) is 4.39 Å². The van der Waals surface area contributed by atoms with E-state index in [0.717, 1.165) is 28.8 Å². The van der Waals surface area contributed by atoms with Crippen LogP contribution < -0.4 is 5.73 Å². The number of halogens is 2. The van der Waals surface area contributed by atoms with E-state index in [-0.39, 0.29) is 11.9 Å². The number of aromatic nitrogens is 2. The molecule has 0 fully saturated rings. The number of nitrogens with two attached hydrogens (primary N) is 1. The van der Waals surface area contributed by atoms with Gasteiger partial charge in [0, 0.05) is 11.0 Å². The fraction of sp³-hybridized carbons (Fsp3) is 0.400. The molecule has 1 atom stereocenters. The van der Waals surface area contributed by atoms with Crippen LogP contribution in [0.25, 0.3) is 0 Å². The normalized spacial score (nSPS) is 12.7. The van der Waals surface area contributed by atoms with Crippen LogP contribution in [0.5, 0.6) is 0 Å². The first-order valence-corrected chi connectivity index (χ1v) is 7.60. The third kappa shape index (κ3) is 3.27. The van der Waals surface area contributed by atoms with Crippen LogP contribution >= 0.6 is 15.9 Å². The molecule has 5 heteroatoms. The Morgan fingerprint density at radius 3 is 2.70 bits per heavy atom. The van der Waals surface area contributed by atoms with Gasteiger partial charge in [-0.25, -0.2) is 4.39 Å². The Bertz CT molecular complexity index is 595. The fourth-order valence-corrected chi connectivity index (χ4v) is 2.57. The van der Waals surface area contributed by atoms with E-state index in [1.54, 1.807) is 6.07 Å². The molecule has 0 saturated heterocycles. The summed E-state index contributed by atoms with van der Waals surface area (Å²) in [4.78, 5) is 0. The number of benzene rings is 1. The zero-order chi connectivity index (χ0) is 14.7.